The fraction of sp³-hybridized carbons (Fsp3) is 0.429. The monoisotopic (exact) mass is 283 g/mol. The molecular weight excluding hydrogens is 262 g/mol. The Morgan fingerprint density at radius 1 is 1.16 bits per heavy atom. The molecule has 0 aromatic heterocycles. The molecule has 0 fully saturated rings. The molecule has 106 valence electrons. The van der Waals surface area contributed by atoms with Crippen LogP contribution < -0.4 is 5.73 Å². The predicted molar refractivity (Wildman–Crippen MR) is 78.2 cm³/mol. The second kappa shape index (κ2) is 7.84. The molecule has 0 atom stereocenters. The fourth-order valence-corrected chi connectivity index (χ4v) is 1.25. The van der Waals surface area contributed by atoms with Crippen LogP contribution in [-0.2, 0) is 9.53 Å². The Kier molecular flexibility index (Phi) is 7.22. The van der Waals surface area contributed by atoms with Crippen molar-refractivity contribution in [2.24, 2.45) is 11.1 Å². The zero-order chi connectivity index (χ0) is 15.1. The van der Waals surface area contributed by atoms with Crippen molar-refractivity contribution in [3.8, 4) is 0 Å². The minimum atomic E-state index is -0.361. The van der Waals surface area contributed by atoms with Crippen LogP contribution in [0.3, 0.4) is 0 Å². The normalized spacial score (nSPS) is 10.2. The Morgan fingerprint density at radius 3 is 1.84 bits per heavy atom. The maximum absolute atomic E-state index is 11.0. The van der Waals surface area contributed by atoms with Crippen molar-refractivity contribution in [3.05, 3.63) is 29.8 Å². The molecule has 2 N–H and O–H groups in total. The summed E-state index contributed by atoms with van der Waals surface area (Å²) in [5, 5.41) is 0. The predicted octanol–water partition coefficient (Wildman–Crippen LogP) is 2.71. The van der Waals surface area contributed by atoms with E-state index in [1.54, 1.807) is 44.7 Å². The van der Waals surface area contributed by atoms with Crippen LogP contribution in [0.2, 0.25) is 0 Å². The SMILES string of the molecule is CC(C)(C)C(N)=O.COC(=O)c1ccc(SC)cc1. The van der Waals surface area contributed by atoms with Gasteiger partial charge < -0.3 is 10.5 Å². The first kappa shape index (κ1) is 17.5. The molecule has 0 saturated heterocycles. The molecule has 1 aromatic rings. The number of methoxy groups -OCH3 is 1. The molecular formula is C14H21NO3S. The van der Waals surface area contributed by atoms with Gasteiger partial charge >= 0.3 is 5.97 Å². The molecule has 19 heavy (non-hydrogen) atoms. The second-order valence-electron chi connectivity index (χ2n) is 4.83. The lowest BCUT2D eigenvalue weighted by Crippen LogP contribution is -2.27. The fourth-order valence-electron chi connectivity index (χ4n) is 0.845. The van der Waals surface area contributed by atoms with E-state index in [0.29, 0.717) is 5.56 Å². The lowest BCUT2D eigenvalue weighted by molar-refractivity contribution is -0.125. The van der Waals surface area contributed by atoms with E-state index in [4.69, 9.17) is 5.73 Å². The largest absolute Gasteiger partial charge is 0.465 e. The van der Waals surface area contributed by atoms with Crippen molar-refractivity contribution in [2.75, 3.05) is 13.4 Å². The number of esters is 1. The van der Waals surface area contributed by atoms with E-state index in [1.165, 1.54) is 7.11 Å². The van der Waals surface area contributed by atoms with Gasteiger partial charge in [0.2, 0.25) is 5.91 Å². The number of ether oxygens (including phenoxy) is 1. The highest BCUT2D eigenvalue weighted by Crippen LogP contribution is 2.15. The van der Waals surface area contributed by atoms with Crippen molar-refractivity contribution in [3.63, 3.8) is 0 Å². The molecule has 0 spiro atoms. The van der Waals surface area contributed by atoms with E-state index in [9.17, 15) is 9.59 Å². The minimum Gasteiger partial charge on any atom is -0.465 e. The molecule has 0 aliphatic carbocycles. The third-order valence-electron chi connectivity index (χ3n) is 2.25. The lowest BCUT2D eigenvalue weighted by Gasteiger charge is -2.10. The van der Waals surface area contributed by atoms with E-state index in [2.05, 4.69) is 4.74 Å². The highest BCUT2D eigenvalue weighted by Gasteiger charge is 2.16. The summed E-state index contributed by atoms with van der Waals surface area (Å²) in [5.74, 6) is -0.546. The van der Waals surface area contributed by atoms with Gasteiger partial charge in [-0.15, -0.1) is 11.8 Å². The number of carbonyl (C=O) groups is 2. The van der Waals surface area contributed by atoms with Crippen LogP contribution in [0, 0.1) is 5.41 Å². The Bertz CT molecular complexity index is 421. The molecule has 4 nitrogen and oxygen atoms in total. The number of carbonyl (C=O) groups excluding carboxylic acids is 2. The van der Waals surface area contributed by atoms with Crippen LogP contribution >= 0.6 is 11.8 Å². The number of rotatable bonds is 2. The summed E-state index contributed by atoms with van der Waals surface area (Å²) in [4.78, 5) is 22.4. The quantitative estimate of drug-likeness (QED) is 0.669. The van der Waals surface area contributed by atoms with Gasteiger partial charge in [-0.2, -0.15) is 0 Å². The maximum Gasteiger partial charge on any atom is 0.337 e. The number of amides is 1. The van der Waals surface area contributed by atoms with Crippen LogP contribution in [0.1, 0.15) is 31.1 Å². The van der Waals surface area contributed by atoms with Crippen LogP contribution in [0.5, 0.6) is 0 Å². The topological polar surface area (TPSA) is 69.4 Å². The number of primary amides is 1. The molecule has 0 bridgehead atoms. The van der Waals surface area contributed by atoms with E-state index >= 15 is 0 Å². The van der Waals surface area contributed by atoms with E-state index < -0.39 is 0 Å². The lowest BCUT2D eigenvalue weighted by atomic mass is 9.96. The summed E-state index contributed by atoms with van der Waals surface area (Å²) in [6.07, 6.45) is 1.99. The average Bonchev–Trinajstić information content (AvgIpc) is 2.37. The molecule has 1 aromatic carbocycles. The summed E-state index contributed by atoms with van der Waals surface area (Å²) in [6, 6.07) is 7.32. The third kappa shape index (κ3) is 6.86. The number of hydrogen-bond acceptors (Lipinski definition) is 4. The van der Waals surface area contributed by atoms with Gasteiger partial charge in [-0.3, -0.25) is 4.79 Å². The summed E-state index contributed by atoms with van der Waals surface area (Å²) in [6.45, 7) is 5.36. The number of nitrogens with two attached hydrogens (primary N) is 1. The Morgan fingerprint density at radius 2 is 1.58 bits per heavy atom. The first-order valence-corrected chi connectivity index (χ1v) is 6.97. The maximum atomic E-state index is 11.0. The molecule has 0 unspecified atom stereocenters. The molecule has 5 heteroatoms. The Labute approximate surface area is 118 Å². The molecule has 0 radical (unpaired) electrons. The van der Waals surface area contributed by atoms with Gasteiger partial charge in [0.1, 0.15) is 0 Å². The summed E-state index contributed by atoms with van der Waals surface area (Å²) < 4.78 is 4.56. The Hall–Kier alpha value is -1.49. The van der Waals surface area contributed by atoms with E-state index in [1.807, 2.05) is 18.4 Å². The molecule has 0 heterocycles. The van der Waals surface area contributed by atoms with Crippen LogP contribution in [0.4, 0.5) is 0 Å². The molecule has 0 aliphatic rings. The zero-order valence-corrected chi connectivity index (χ0v) is 12.8. The average molecular weight is 283 g/mol. The van der Waals surface area contributed by atoms with Gasteiger partial charge in [0.05, 0.1) is 12.7 Å². The smallest absolute Gasteiger partial charge is 0.337 e. The van der Waals surface area contributed by atoms with Gasteiger partial charge in [0.15, 0.2) is 0 Å². The van der Waals surface area contributed by atoms with E-state index in [-0.39, 0.29) is 17.3 Å². The second-order valence-corrected chi connectivity index (χ2v) is 5.71. The van der Waals surface area contributed by atoms with Gasteiger partial charge in [-0.1, -0.05) is 20.8 Å². The summed E-state index contributed by atoms with van der Waals surface area (Å²) in [5.41, 5.74) is 5.16. The first-order valence-electron chi connectivity index (χ1n) is 5.74. The molecule has 1 amide bonds. The van der Waals surface area contributed by atoms with Crippen LogP contribution in [0.25, 0.3) is 0 Å². The van der Waals surface area contributed by atoms with Crippen LogP contribution in [0.15, 0.2) is 29.2 Å². The van der Waals surface area contributed by atoms with Gasteiger partial charge in [0.25, 0.3) is 0 Å². The molecule has 0 aliphatic heterocycles. The van der Waals surface area contributed by atoms with Crippen molar-refractivity contribution >= 4 is 23.6 Å². The third-order valence-corrected chi connectivity index (χ3v) is 2.99. The standard InChI is InChI=1S/C9H10O2S.C5H11NO/c1-11-9(10)7-3-5-8(12-2)6-4-7;1-5(2,3)4(6)7/h3-6H,1-2H3;1-3H3,(H2,6,7). The summed E-state index contributed by atoms with van der Waals surface area (Å²) in [7, 11) is 1.38. The van der Waals surface area contributed by atoms with E-state index in [0.717, 1.165) is 4.90 Å². The van der Waals surface area contributed by atoms with Gasteiger partial charge in [-0.05, 0) is 30.5 Å². The zero-order valence-electron chi connectivity index (χ0n) is 12.0. The summed E-state index contributed by atoms with van der Waals surface area (Å²) >= 11 is 1.64. The Balaban J connectivity index is 0.000000399. The van der Waals surface area contributed by atoms with Gasteiger partial charge in [-0.25, -0.2) is 4.79 Å². The highest BCUT2D eigenvalue weighted by atomic mass is 32.2. The van der Waals surface area contributed by atoms with Crippen molar-refractivity contribution in [2.45, 2.75) is 25.7 Å². The minimum absolute atomic E-state index is 0.257. The molecule has 0 saturated carbocycles. The van der Waals surface area contributed by atoms with Crippen molar-refractivity contribution in [1.29, 1.82) is 0 Å². The van der Waals surface area contributed by atoms with Crippen molar-refractivity contribution < 1.29 is 14.3 Å². The molecule has 1 rings (SSSR count). The van der Waals surface area contributed by atoms with Gasteiger partial charge in [0, 0.05) is 10.3 Å². The number of hydrogen-bond donors (Lipinski definition) is 1. The number of thioether (sulfide) groups is 1. The first-order chi connectivity index (χ1) is 8.72. The highest BCUT2D eigenvalue weighted by molar-refractivity contribution is 7.98. The van der Waals surface area contributed by atoms with Crippen LogP contribution in [-0.4, -0.2) is 25.2 Å². The number of benzene rings is 1. The van der Waals surface area contributed by atoms with Crippen molar-refractivity contribution in [1.82, 2.24) is 0 Å².